The molecule has 0 atom stereocenters. The first kappa shape index (κ1) is 18.0. The van der Waals surface area contributed by atoms with Gasteiger partial charge in [-0.3, -0.25) is 9.59 Å². The third kappa shape index (κ3) is 3.87. The maximum Gasteiger partial charge on any atom is 0.240 e. The normalized spacial score (nSPS) is 14.4. The van der Waals surface area contributed by atoms with Crippen molar-refractivity contribution in [1.29, 1.82) is 0 Å². The number of amides is 2. The molecule has 2 N–H and O–H groups in total. The Morgan fingerprint density at radius 1 is 0.962 bits per heavy atom. The van der Waals surface area contributed by atoms with Crippen LogP contribution in [0.15, 0.2) is 48.5 Å². The van der Waals surface area contributed by atoms with E-state index >= 15 is 0 Å². The van der Waals surface area contributed by atoms with Crippen molar-refractivity contribution in [3.8, 4) is 5.75 Å². The van der Waals surface area contributed by atoms with Crippen molar-refractivity contribution in [2.45, 2.75) is 32.7 Å². The average molecular weight is 352 g/mol. The van der Waals surface area contributed by atoms with Gasteiger partial charge in [-0.05, 0) is 54.7 Å². The summed E-state index contributed by atoms with van der Waals surface area (Å²) in [6.45, 7) is 2.48. The first-order valence-electron chi connectivity index (χ1n) is 8.89. The highest BCUT2D eigenvalue weighted by Crippen LogP contribution is 2.46. The zero-order valence-corrected chi connectivity index (χ0v) is 15.2. The lowest BCUT2D eigenvalue weighted by Gasteiger charge is -2.16. The van der Waals surface area contributed by atoms with Gasteiger partial charge in [-0.1, -0.05) is 31.2 Å². The van der Waals surface area contributed by atoms with Crippen LogP contribution in [0.25, 0.3) is 0 Å². The molecule has 2 amide bonds. The van der Waals surface area contributed by atoms with Crippen LogP contribution in [0.3, 0.4) is 0 Å². The summed E-state index contributed by atoms with van der Waals surface area (Å²) in [5, 5.41) is 5.76. The first-order valence-corrected chi connectivity index (χ1v) is 8.89. The maximum atomic E-state index is 12.6. The van der Waals surface area contributed by atoms with Crippen LogP contribution in [0.5, 0.6) is 5.75 Å². The van der Waals surface area contributed by atoms with Crippen molar-refractivity contribution in [1.82, 2.24) is 5.32 Å². The Bertz CT molecular complexity index is 778. The molecule has 0 saturated heterocycles. The summed E-state index contributed by atoms with van der Waals surface area (Å²) in [4.78, 5) is 25.2. The number of rotatable bonds is 7. The van der Waals surface area contributed by atoms with Gasteiger partial charge < -0.3 is 15.4 Å². The lowest BCUT2D eigenvalue weighted by Crippen LogP contribution is -2.39. The lowest BCUT2D eigenvalue weighted by atomic mass is 10.0. The quantitative estimate of drug-likeness (QED) is 0.752. The fourth-order valence-corrected chi connectivity index (χ4v) is 2.85. The highest BCUT2D eigenvalue weighted by Gasteiger charge is 2.56. The minimum Gasteiger partial charge on any atom is -0.497 e. The molecule has 0 radical (unpaired) electrons. The van der Waals surface area contributed by atoms with E-state index < -0.39 is 5.41 Å². The zero-order valence-electron chi connectivity index (χ0n) is 15.2. The average Bonchev–Trinajstić information content (AvgIpc) is 3.49. The molecule has 5 nitrogen and oxygen atoms in total. The number of ether oxygens (including phenoxy) is 1. The van der Waals surface area contributed by atoms with Crippen LogP contribution < -0.4 is 15.4 Å². The molecule has 2 aromatic rings. The number of aryl methyl sites for hydroxylation is 1. The maximum absolute atomic E-state index is 12.6. The molecule has 0 bridgehead atoms. The Morgan fingerprint density at radius 3 is 2.12 bits per heavy atom. The Hall–Kier alpha value is -2.82. The molecular formula is C21H24N2O3. The summed E-state index contributed by atoms with van der Waals surface area (Å²) in [6, 6.07) is 15.2. The van der Waals surface area contributed by atoms with Crippen LogP contribution in [0, 0.1) is 5.41 Å². The van der Waals surface area contributed by atoms with Gasteiger partial charge in [0.15, 0.2) is 0 Å². The van der Waals surface area contributed by atoms with E-state index in [9.17, 15) is 9.59 Å². The number of anilines is 1. The van der Waals surface area contributed by atoms with Crippen LogP contribution >= 0.6 is 0 Å². The van der Waals surface area contributed by atoms with E-state index in [1.165, 1.54) is 5.56 Å². The van der Waals surface area contributed by atoms with Crippen molar-refractivity contribution in [2.75, 3.05) is 12.4 Å². The second-order valence-corrected chi connectivity index (χ2v) is 6.62. The molecule has 136 valence electrons. The summed E-state index contributed by atoms with van der Waals surface area (Å²) in [7, 11) is 1.61. The van der Waals surface area contributed by atoms with Gasteiger partial charge in [0, 0.05) is 12.2 Å². The molecule has 1 aliphatic rings. The summed E-state index contributed by atoms with van der Waals surface area (Å²) >= 11 is 0. The molecular weight excluding hydrogens is 328 g/mol. The molecule has 3 rings (SSSR count). The minimum absolute atomic E-state index is 0.212. The Kier molecular flexibility index (Phi) is 5.26. The third-order valence-electron chi connectivity index (χ3n) is 4.85. The standard InChI is InChI=1S/C21H24N2O3/c1-3-15-4-8-17(9-5-15)23-20(25)21(12-13-21)19(24)22-14-16-6-10-18(26-2)11-7-16/h4-11H,3,12-14H2,1-2H3,(H,22,24)(H,23,25). The fourth-order valence-electron chi connectivity index (χ4n) is 2.85. The first-order chi connectivity index (χ1) is 12.6. The zero-order chi connectivity index (χ0) is 18.6. The SMILES string of the molecule is CCc1ccc(NC(=O)C2(C(=O)NCc3ccc(OC)cc3)CC2)cc1. The van der Waals surface area contributed by atoms with Crippen molar-refractivity contribution in [2.24, 2.45) is 5.41 Å². The second-order valence-electron chi connectivity index (χ2n) is 6.62. The van der Waals surface area contributed by atoms with E-state index in [4.69, 9.17) is 4.74 Å². The number of carbonyl (C=O) groups is 2. The van der Waals surface area contributed by atoms with Crippen LogP contribution in [0.4, 0.5) is 5.69 Å². The Morgan fingerprint density at radius 2 is 1.58 bits per heavy atom. The van der Waals surface area contributed by atoms with E-state index in [-0.39, 0.29) is 11.8 Å². The van der Waals surface area contributed by atoms with Crippen LogP contribution in [0.1, 0.15) is 30.9 Å². The molecule has 0 aromatic heterocycles. The van der Waals surface area contributed by atoms with E-state index in [1.807, 2.05) is 48.5 Å². The van der Waals surface area contributed by atoms with Crippen LogP contribution in [-0.4, -0.2) is 18.9 Å². The number of benzene rings is 2. The van der Waals surface area contributed by atoms with Gasteiger partial charge in [0.2, 0.25) is 11.8 Å². The number of nitrogens with one attached hydrogen (secondary N) is 2. The number of methoxy groups -OCH3 is 1. The van der Waals surface area contributed by atoms with Gasteiger partial charge in [0.25, 0.3) is 0 Å². The van der Waals surface area contributed by atoms with Gasteiger partial charge >= 0.3 is 0 Å². The molecule has 0 heterocycles. The lowest BCUT2D eigenvalue weighted by molar-refractivity contribution is -0.134. The molecule has 2 aromatic carbocycles. The van der Waals surface area contributed by atoms with Crippen molar-refractivity contribution in [3.63, 3.8) is 0 Å². The molecule has 0 unspecified atom stereocenters. The second kappa shape index (κ2) is 7.60. The summed E-state index contributed by atoms with van der Waals surface area (Å²) in [5.41, 5.74) is 1.96. The van der Waals surface area contributed by atoms with Gasteiger partial charge in [0.1, 0.15) is 11.2 Å². The molecule has 26 heavy (non-hydrogen) atoms. The number of carbonyl (C=O) groups excluding carboxylic acids is 2. The van der Waals surface area contributed by atoms with Gasteiger partial charge in [-0.25, -0.2) is 0 Å². The molecule has 1 saturated carbocycles. The third-order valence-corrected chi connectivity index (χ3v) is 4.85. The topological polar surface area (TPSA) is 67.4 Å². The van der Waals surface area contributed by atoms with Crippen LogP contribution in [-0.2, 0) is 22.6 Å². The van der Waals surface area contributed by atoms with Gasteiger partial charge in [-0.15, -0.1) is 0 Å². The van der Waals surface area contributed by atoms with Gasteiger partial charge in [0.05, 0.1) is 7.11 Å². The predicted molar refractivity (Wildman–Crippen MR) is 101 cm³/mol. The summed E-state index contributed by atoms with van der Waals surface area (Å²) < 4.78 is 5.12. The molecule has 1 fully saturated rings. The molecule has 5 heteroatoms. The highest BCUT2D eigenvalue weighted by molar-refractivity contribution is 6.13. The summed E-state index contributed by atoms with van der Waals surface area (Å²) in [5.74, 6) is 0.331. The van der Waals surface area contributed by atoms with E-state index in [0.717, 1.165) is 23.4 Å². The van der Waals surface area contributed by atoms with E-state index in [1.54, 1.807) is 7.11 Å². The number of hydrogen-bond donors (Lipinski definition) is 2. The van der Waals surface area contributed by atoms with E-state index in [2.05, 4.69) is 17.6 Å². The molecule has 1 aliphatic carbocycles. The highest BCUT2D eigenvalue weighted by atomic mass is 16.5. The fraction of sp³-hybridized carbons (Fsp3) is 0.333. The van der Waals surface area contributed by atoms with Gasteiger partial charge in [-0.2, -0.15) is 0 Å². The van der Waals surface area contributed by atoms with Crippen molar-refractivity contribution < 1.29 is 14.3 Å². The van der Waals surface area contributed by atoms with Crippen LogP contribution in [0.2, 0.25) is 0 Å². The molecule has 0 aliphatic heterocycles. The minimum atomic E-state index is -0.935. The monoisotopic (exact) mass is 352 g/mol. The molecule has 0 spiro atoms. The van der Waals surface area contributed by atoms with Crippen molar-refractivity contribution in [3.05, 3.63) is 59.7 Å². The Labute approximate surface area is 153 Å². The number of hydrogen-bond acceptors (Lipinski definition) is 3. The predicted octanol–water partition coefficient (Wildman–Crippen LogP) is 3.29. The van der Waals surface area contributed by atoms with Crippen molar-refractivity contribution >= 4 is 17.5 Å². The Balaban J connectivity index is 1.57. The van der Waals surface area contributed by atoms with E-state index in [0.29, 0.717) is 19.4 Å². The largest absolute Gasteiger partial charge is 0.497 e. The summed E-state index contributed by atoms with van der Waals surface area (Å²) in [6.07, 6.45) is 2.12. The smallest absolute Gasteiger partial charge is 0.240 e.